The van der Waals surface area contributed by atoms with Crippen LogP contribution in [0.3, 0.4) is 0 Å². The Balaban J connectivity index is 2.30. The Hall–Kier alpha value is -0.830. The van der Waals surface area contributed by atoms with E-state index in [4.69, 9.17) is 0 Å². The first-order valence-corrected chi connectivity index (χ1v) is 7.47. The molecule has 2 aromatic carbocycles. The first-order chi connectivity index (χ1) is 8.53. The summed E-state index contributed by atoms with van der Waals surface area (Å²) in [6, 6.07) is 17.7. The molecule has 0 unspecified atom stereocenters. The van der Waals surface area contributed by atoms with E-state index >= 15 is 0 Å². The molecule has 0 heterocycles. The molecule has 0 aliphatic rings. The largest absolute Gasteiger partial charge is 0.0646 e. The van der Waals surface area contributed by atoms with E-state index in [9.17, 15) is 0 Å². The van der Waals surface area contributed by atoms with Crippen LogP contribution in [0.1, 0.15) is 32.8 Å². The fourth-order valence-corrected chi connectivity index (χ4v) is 2.32. The van der Waals surface area contributed by atoms with Gasteiger partial charge in [-0.15, -0.1) is 0 Å². The van der Waals surface area contributed by atoms with Crippen molar-refractivity contribution >= 4 is 22.6 Å². The van der Waals surface area contributed by atoms with Gasteiger partial charge in [0.05, 0.1) is 0 Å². The highest BCUT2D eigenvalue weighted by molar-refractivity contribution is 14.1. The predicted octanol–water partition coefficient (Wildman–Crippen LogP) is 5.65. The maximum atomic E-state index is 2.34. The van der Waals surface area contributed by atoms with Crippen molar-refractivity contribution in [1.82, 2.24) is 0 Å². The molecule has 0 aliphatic carbocycles. The van der Waals surface area contributed by atoms with Gasteiger partial charge in [-0.2, -0.15) is 0 Å². The van der Waals surface area contributed by atoms with Crippen LogP contribution in [0.15, 0.2) is 48.5 Å². The topological polar surface area (TPSA) is 0 Å². The molecule has 94 valence electrons. The molecule has 0 aliphatic heterocycles. The summed E-state index contributed by atoms with van der Waals surface area (Å²) in [6.45, 7) is 6.84. The van der Waals surface area contributed by atoms with E-state index in [-0.39, 0.29) is 5.41 Å². The molecule has 0 fully saturated rings. The van der Waals surface area contributed by atoms with E-state index in [0.29, 0.717) is 0 Å². The SMILES string of the molecule is CCC(C)(C)c1ccc(-c2ccc(I)cc2)cc1. The number of hydrogen-bond acceptors (Lipinski definition) is 0. The van der Waals surface area contributed by atoms with Crippen molar-refractivity contribution in [2.75, 3.05) is 0 Å². The van der Waals surface area contributed by atoms with E-state index in [2.05, 4.69) is 91.9 Å². The average Bonchev–Trinajstić information content (AvgIpc) is 2.40. The standard InChI is InChI=1S/C17H19I/c1-4-17(2,3)15-9-5-13(6-10-15)14-7-11-16(18)12-8-14/h5-12H,4H2,1-3H3. The Bertz CT molecular complexity index is 506. The zero-order valence-corrected chi connectivity index (χ0v) is 13.4. The van der Waals surface area contributed by atoms with Crippen molar-refractivity contribution in [1.29, 1.82) is 0 Å². The number of hydrogen-bond donors (Lipinski definition) is 0. The smallest absolute Gasteiger partial charge is 0.0130 e. The molecule has 0 saturated heterocycles. The summed E-state index contributed by atoms with van der Waals surface area (Å²) in [7, 11) is 0. The molecule has 0 spiro atoms. The average molecular weight is 350 g/mol. The zero-order chi connectivity index (χ0) is 13.2. The van der Waals surface area contributed by atoms with E-state index in [0.717, 1.165) is 6.42 Å². The normalized spacial score (nSPS) is 11.6. The second-order valence-electron chi connectivity index (χ2n) is 5.32. The van der Waals surface area contributed by atoms with Gasteiger partial charge in [0, 0.05) is 3.57 Å². The minimum atomic E-state index is 0.268. The van der Waals surface area contributed by atoms with Crippen LogP contribution >= 0.6 is 22.6 Å². The van der Waals surface area contributed by atoms with E-state index in [1.807, 2.05) is 0 Å². The second kappa shape index (κ2) is 5.43. The minimum Gasteiger partial charge on any atom is -0.0646 e. The fourth-order valence-electron chi connectivity index (χ4n) is 1.96. The Morgan fingerprint density at radius 1 is 0.833 bits per heavy atom. The predicted molar refractivity (Wildman–Crippen MR) is 87.9 cm³/mol. The molecule has 0 radical (unpaired) electrons. The summed E-state index contributed by atoms with van der Waals surface area (Å²) >= 11 is 2.34. The van der Waals surface area contributed by atoms with Crippen molar-refractivity contribution in [2.45, 2.75) is 32.6 Å². The quantitative estimate of drug-likeness (QED) is 0.628. The highest BCUT2D eigenvalue weighted by atomic mass is 127. The van der Waals surface area contributed by atoms with Gasteiger partial charge in [0.1, 0.15) is 0 Å². The van der Waals surface area contributed by atoms with Crippen LogP contribution in [-0.4, -0.2) is 0 Å². The molecular weight excluding hydrogens is 331 g/mol. The third-order valence-electron chi connectivity index (χ3n) is 3.73. The lowest BCUT2D eigenvalue weighted by atomic mass is 9.82. The van der Waals surface area contributed by atoms with Crippen LogP contribution in [0.5, 0.6) is 0 Å². The van der Waals surface area contributed by atoms with Crippen LogP contribution in [-0.2, 0) is 5.41 Å². The van der Waals surface area contributed by atoms with Crippen LogP contribution in [0.25, 0.3) is 11.1 Å². The summed E-state index contributed by atoms with van der Waals surface area (Å²) in [5, 5.41) is 0. The first kappa shape index (κ1) is 13.6. The minimum absolute atomic E-state index is 0.268. The number of benzene rings is 2. The summed E-state index contributed by atoms with van der Waals surface area (Å²) in [5.74, 6) is 0. The molecule has 0 nitrogen and oxygen atoms in total. The van der Waals surface area contributed by atoms with Gasteiger partial charge in [0.15, 0.2) is 0 Å². The lowest BCUT2D eigenvalue weighted by molar-refractivity contribution is 0.506. The Labute approximate surface area is 124 Å². The second-order valence-corrected chi connectivity index (χ2v) is 6.57. The fraction of sp³-hybridized carbons (Fsp3) is 0.294. The Kier molecular flexibility index (Phi) is 4.10. The lowest BCUT2D eigenvalue weighted by Crippen LogP contribution is -2.14. The van der Waals surface area contributed by atoms with Crippen LogP contribution in [0.2, 0.25) is 0 Å². The van der Waals surface area contributed by atoms with Gasteiger partial charge in [-0.05, 0) is 63.2 Å². The molecule has 18 heavy (non-hydrogen) atoms. The van der Waals surface area contributed by atoms with Crippen molar-refractivity contribution in [3.63, 3.8) is 0 Å². The molecule has 0 atom stereocenters. The van der Waals surface area contributed by atoms with Crippen molar-refractivity contribution in [3.05, 3.63) is 57.7 Å². The molecule has 0 bridgehead atoms. The highest BCUT2D eigenvalue weighted by Crippen LogP contribution is 2.29. The van der Waals surface area contributed by atoms with Crippen LogP contribution in [0, 0.1) is 3.57 Å². The van der Waals surface area contributed by atoms with Gasteiger partial charge in [-0.3, -0.25) is 0 Å². The molecule has 2 rings (SSSR count). The summed E-state index contributed by atoms with van der Waals surface area (Å²) in [5.41, 5.74) is 4.27. The van der Waals surface area contributed by atoms with Crippen molar-refractivity contribution < 1.29 is 0 Å². The van der Waals surface area contributed by atoms with E-state index in [1.165, 1.54) is 20.3 Å². The van der Waals surface area contributed by atoms with Gasteiger partial charge in [0.2, 0.25) is 0 Å². The summed E-state index contributed by atoms with van der Waals surface area (Å²) < 4.78 is 1.28. The monoisotopic (exact) mass is 350 g/mol. The summed E-state index contributed by atoms with van der Waals surface area (Å²) in [4.78, 5) is 0. The zero-order valence-electron chi connectivity index (χ0n) is 11.2. The number of rotatable bonds is 3. The van der Waals surface area contributed by atoms with E-state index < -0.39 is 0 Å². The first-order valence-electron chi connectivity index (χ1n) is 6.39. The van der Waals surface area contributed by atoms with Crippen LogP contribution in [0.4, 0.5) is 0 Å². The number of halogens is 1. The highest BCUT2D eigenvalue weighted by Gasteiger charge is 2.17. The third kappa shape index (κ3) is 2.94. The molecule has 0 amide bonds. The third-order valence-corrected chi connectivity index (χ3v) is 4.45. The molecule has 0 aromatic heterocycles. The molecule has 0 N–H and O–H groups in total. The van der Waals surface area contributed by atoms with Gasteiger partial charge in [0.25, 0.3) is 0 Å². The maximum Gasteiger partial charge on any atom is 0.0130 e. The van der Waals surface area contributed by atoms with Gasteiger partial charge >= 0.3 is 0 Å². The van der Waals surface area contributed by atoms with Crippen molar-refractivity contribution in [3.8, 4) is 11.1 Å². The summed E-state index contributed by atoms with van der Waals surface area (Å²) in [6.07, 6.45) is 1.16. The van der Waals surface area contributed by atoms with E-state index in [1.54, 1.807) is 0 Å². The van der Waals surface area contributed by atoms with Gasteiger partial charge in [-0.1, -0.05) is 57.2 Å². The van der Waals surface area contributed by atoms with Gasteiger partial charge in [-0.25, -0.2) is 0 Å². The Morgan fingerprint density at radius 2 is 1.28 bits per heavy atom. The molecule has 2 aromatic rings. The maximum absolute atomic E-state index is 2.34. The van der Waals surface area contributed by atoms with Crippen LogP contribution < -0.4 is 0 Å². The lowest BCUT2D eigenvalue weighted by Gasteiger charge is -2.23. The van der Waals surface area contributed by atoms with Gasteiger partial charge < -0.3 is 0 Å². The molecule has 1 heteroatoms. The molecular formula is C17H19I. The Morgan fingerprint density at radius 3 is 1.72 bits per heavy atom. The molecule has 0 saturated carbocycles. The van der Waals surface area contributed by atoms with Crippen molar-refractivity contribution in [2.24, 2.45) is 0 Å².